The first kappa shape index (κ1) is 17.5. The van der Waals surface area contributed by atoms with Crippen LogP contribution in [0.25, 0.3) is 0 Å². The van der Waals surface area contributed by atoms with Gasteiger partial charge in [0.15, 0.2) is 0 Å². The van der Waals surface area contributed by atoms with Crippen molar-refractivity contribution in [1.82, 2.24) is 5.32 Å². The van der Waals surface area contributed by atoms with E-state index in [2.05, 4.69) is 5.32 Å². The van der Waals surface area contributed by atoms with Crippen molar-refractivity contribution in [2.24, 2.45) is 0 Å². The molecule has 0 heterocycles. The van der Waals surface area contributed by atoms with Gasteiger partial charge in [-0.25, -0.2) is 4.39 Å². The van der Waals surface area contributed by atoms with Crippen LogP contribution in [0.15, 0.2) is 72.8 Å². The van der Waals surface area contributed by atoms with E-state index in [0.717, 1.165) is 11.1 Å². The molecule has 0 aromatic heterocycles. The SMILES string of the molecule is O=C(Cc1ccc(O)cc1)NCc1ccc(Oc2ccc(F)cc2)cc1. The zero-order chi connectivity index (χ0) is 18.4. The molecule has 3 aromatic rings. The number of ether oxygens (including phenoxy) is 1. The van der Waals surface area contributed by atoms with Crippen molar-refractivity contribution < 1.29 is 19.0 Å². The Morgan fingerprint density at radius 2 is 1.38 bits per heavy atom. The van der Waals surface area contributed by atoms with Crippen molar-refractivity contribution in [3.8, 4) is 17.2 Å². The van der Waals surface area contributed by atoms with Crippen LogP contribution in [0.2, 0.25) is 0 Å². The first-order valence-corrected chi connectivity index (χ1v) is 8.15. The largest absolute Gasteiger partial charge is 0.508 e. The predicted molar refractivity (Wildman–Crippen MR) is 96.6 cm³/mol. The second kappa shape index (κ2) is 8.16. The topological polar surface area (TPSA) is 58.6 Å². The second-order valence-corrected chi connectivity index (χ2v) is 5.82. The first-order valence-electron chi connectivity index (χ1n) is 8.15. The molecule has 0 fully saturated rings. The number of nitrogens with one attached hydrogen (secondary N) is 1. The monoisotopic (exact) mass is 351 g/mol. The fourth-order valence-corrected chi connectivity index (χ4v) is 2.38. The standard InChI is InChI=1S/C21H18FNO3/c22-17-5-11-20(12-6-17)26-19-9-3-16(4-10-19)14-23-21(25)13-15-1-7-18(24)8-2-15/h1-12,24H,13-14H2,(H,23,25). The number of halogens is 1. The maximum atomic E-state index is 12.9. The van der Waals surface area contributed by atoms with Gasteiger partial charge in [-0.2, -0.15) is 0 Å². The highest BCUT2D eigenvalue weighted by molar-refractivity contribution is 5.78. The second-order valence-electron chi connectivity index (χ2n) is 5.82. The normalized spacial score (nSPS) is 10.3. The number of phenolic OH excluding ortho intramolecular Hbond substituents is 1. The third-order valence-electron chi connectivity index (χ3n) is 3.76. The Balaban J connectivity index is 1.50. The van der Waals surface area contributed by atoms with Gasteiger partial charge in [-0.15, -0.1) is 0 Å². The summed E-state index contributed by atoms with van der Waals surface area (Å²) in [7, 11) is 0. The van der Waals surface area contributed by atoms with Crippen LogP contribution in [-0.2, 0) is 17.8 Å². The smallest absolute Gasteiger partial charge is 0.224 e. The van der Waals surface area contributed by atoms with Crippen LogP contribution in [0, 0.1) is 5.82 Å². The van der Waals surface area contributed by atoms with Gasteiger partial charge >= 0.3 is 0 Å². The minimum Gasteiger partial charge on any atom is -0.508 e. The van der Waals surface area contributed by atoms with E-state index in [4.69, 9.17) is 4.74 Å². The van der Waals surface area contributed by atoms with Crippen molar-refractivity contribution in [2.45, 2.75) is 13.0 Å². The van der Waals surface area contributed by atoms with Crippen LogP contribution in [0.5, 0.6) is 17.2 Å². The zero-order valence-corrected chi connectivity index (χ0v) is 14.0. The summed E-state index contributed by atoms with van der Waals surface area (Å²) in [5.41, 5.74) is 1.78. The van der Waals surface area contributed by atoms with Crippen molar-refractivity contribution in [3.63, 3.8) is 0 Å². The number of phenols is 1. The van der Waals surface area contributed by atoms with E-state index >= 15 is 0 Å². The van der Waals surface area contributed by atoms with Gasteiger partial charge in [-0.3, -0.25) is 4.79 Å². The van der Waals surface area contributed by atoms with Crippen molar-refractivity contribution in [2.75, 3.05) is 0 Å². The average Bonchev–Trinajstić information content (AvgIpc) is 2.65. The molecule has 26 heavy (non-hydrogen) atoms. The van der Waals surface area contributed by atoms with Crippen molar-refractivity contribution in [3.05, 3.63) is 89.7 Å². The molecule has 1 amide bonds. The highest BCUT2D eigenvalue weighted by Gasteiger charge is 2.04. The summed E-state index contributed by atoms with van der Waals surface area (Å²) < 4.78 is 18.5. The number of aromatic hydroxyl groups is 1. The number of amides is 1. The molecule has 0 radical (unpaired) electrons. The van der Waals surface area contributed by atoms with Crippen LogP contribution in [0.4, 0.5) is 4.39 Å². The summed E-state index contributed by atoms with van der Waals surface area (Å²) in [6, 6.07) is 19.7. The fourth-order valence-electron chi connectivity index (χ4n) is 2.38. The minimum absolute atomic E-state index is 0.0951. The van der Waals surface area contributed by atoms with Crippen molar-refractivity contribution >= 4 is 5.91 Å². The highest BCUT2D eigenvalue weighted by atomic mass is 19.1. The highest BCUT2D eigenvalue weighted by Crippen LogP contribution is 2.21. The Bertz CT molecular complexity index is 859. The van der Waals surface area contributed by atoms with E-state index in [0.29, 0.717) is 18.0 Å². The Labute approximate surface area is 150 Å². The van der Waals surface area contributed by atoms with Gasteiger partial charge in [0.1, 0.15) is 23.1 Å². The van der Waals surface area contributed by atoms with Crippen LogP contribution < -0.4 is 10.1 Å². The third kappa shape index (κ3) is 5.08. The molecule has 3 aromatic carbocycles. The quantitative estimate of drug-likeness (QED) is 0.700. The summed E-state index contributed by atoms with van der Waals surface area (Å²) in [6.45, 7) is 0.410. The van der Waals surface area contributed by atoms with Gasteiger partial charge in [0, 0.05) is 6.54 Å². The Kier molecular flexibility index (Phi) is 5.49. The summed E-state index contributed by atoms with van der Waals surface area (Å²) in [5.74, 6) is 0.965. The molecular weight excluding hydrogens is 333 g/mol. The summed E-state index contributed by atoms with van der Waals surface area (Å²) in [4.78, 5) is 12.0. The molecular formula is C21H18FNO3. The third-order valence-corrected chi connectivity index (χ3v) is 3.76. The van der Waals surface area contributed by atoms with E-state index in [-0.39, 0.29) is 23.9 Å². The van der Waals surface area contributed by atoms with E-state index in [1.165, 1.54) is 12.1 Å². The van der Waals surface area contributed by atoms with Crippen LogP contribution in [-0.4, -0.2) is 11.0 Å². The molecule has 2 N–H and O–H groups in total. The molecule has 0 bridgehead atoms. The molecule has 132 valence electrons. The van der Waals surface area contributed by atoms with Crippen LogP contribution in [0.1, 0.15) is 11.1 Å². The lowest BCUT2D eigenvalue weighted by molar-refractivity contribution is -0.120. The molecule has 5 heteroatoms. The fraction of sp³-hybridized carbons (Fsp3) is 0.0952. The van der Waals surface area contributed by atoms with E-state index in [1.54, 1.807) is 48.5 Å². The van der Waals surface area contributed by atoms with E-state index in [1.807, 2.05) is 12.1 Å². The lowest BCUT2D eigenvalue weighted by Gasteiger charge is -2.08. The number of carbonyl (C=O) groups excluding carboxylic acids is 1. The van der Waals surface area contributed by atoms with Crippen LogP contribution >= 0.6 is 0 Å². The van der Waals surface area contributed by atoms with E-state index in [9.17, 15) is 14.3 Å². The summed E-state index contributed by atoms with van der Waals surface area (Å²) in [5, 5.41) is 12.1. The van der Waals surface area contributed by atoms with Gasteiger partial charge < -0.3 is 15.2 Å². The lowest BCUT2D eigenvalue weighted by Crippen LogP contribution is -2.24. The molecule has 0 aliphatic rings. The predicted octanol–water partition coefficient (Wildman–Crippen LogP) is 4.18. The molecule has 3 rings (SSSR count). The van der Waals surface area contributed by atoms with Gasteiger partial charge in [0.2, 0.25) is 5.91 Å². The number of carbonyl (C=O) groups is 1. The van der Waals surface area contributed by atoms with Gasteiger partial charge in [0.25, 0.3) is 0 Å². The van der Waals surface area contributed by atoms with Gasteiger partial charge in [-0.1, -0.05) is 24.3 Å². The Hall–Kier alpha value is -3.34. The summed E-state index contributed by atoms with van der Waals surface area (Å²) >= 11 is 0. The van der Waals surface area contributed by atoms with Crippen LogP contribution in [0.3, 0.4) is 0 Å². The average molecular weight is 351 g/mol. The molecule has 0 spiro atoms. The minimum atomic E-state index is -0.309. The number of hydrogen-bond donors (Lipinski definition) is 2. The van der Waals surface area contributed by atoms with Crippen molar-refractivity contribution in [1.29, 1.82) is 0 Å². The number of hydrogen-bond acceptors (Lipinski definition) is 3. The Morgan fingerprint density at radius 3 is 2.00 bits per heavy atom. The lowest BCUT2D eigenvalue weighted by atomic mass is 10.1. The molecule has 0 saturated heterocycles. The molecule has 0 saturated carbocycles. The number of rotatable bonds is 6. The van der Waals surface area contributed by atoms with Gasteiger partial charge in [0.05, 0.1) is 6.42 Å². The summed E-state index contributed by atoms with van der Waals surface area (Å²) in [6.07, 6.45) is 0.256. The maximum absolute atomic E-state index is 12.9. The maximum Gasteiger partial charge on any atom is 0.224 e. The van der Waals surface area contributed by atoms with E-state index < -0.39 is 0 Å². The molecule has 0 aliphatic heterocycles. The molecule has 0 atom stereocenters. The Morgan fingerprint density at radius 1 is 0.846 bits per heavy atom. The zero-order valence-electron chi connectivity index (χ0n) is 14.0. The first-order chi connectivity index (χ1) is 12.6. The molecule has 0 unspecified atom stereocenters. The molecule has 0 aliphatic carbocycles. The number of benzene rings is 3. The van der Waals surface area contributed by atoms with Gasteiger partial charge in [-0.05, 0) is 59.7 Å². The molecule has 4 nitrogen and oxygen atoms in total.